The second-order valence-electron chi connectivity index (χ2n) is 12.6. The van der Waals surface area contributed by atoms with Gasteiger partial charge < -0.3 is 85.1 Å². The molecular formula is C34H71I3N4O22+2. The van der Waals surface area contributed by atoms with Gasteiger partial charge in [0.15, 0.2) is 32.8 Å². The molecule has 16 atom stereocenters. The van der Waals surface area contributed by atoms with Crippen molar-refractivity contribution in [1.82, 2.24) is 0 Å². The van der Waals surface area contributed by atoms with Gasteiger partial charge in [0.1, 0.15) is 54.9 Å². The van der Waals surface area contributed by atoms with E-state index in [0.717, 1.165) is 0 Å². The summed E-state index contributed by atoms with van der Waals surface area (Å²) in [5, 5.41) is 66.9. The highest BCUT2D eigenvalue weighted by Gasteiger charge is 2.46. The van der Waals surface area contributed by atoms with Crippen molar-refractivity contribution in [2.75, 3.05) is 97.4 Å². The van der Waals surface area contributed by atoms with Gasteiger partial charge in [-0.3, -0.25) is 23.7 Å². The number of rotatable bonds is 23. The maximum Gasteiger partial charge on any atom is 0.421 e. The van der Waals surface area contributed by atoms with Crippen LogP contribution >= 0.6 is 61.2 Å². The highest BCUT2D eigenvalue weighted by molar-refractivity contribution is 15.0. The van der Waals surface area contributed by atoms with Gasteiger partial charge >= 0.3 is 12.8 Å². The van der Waals surface area contributed by atoms with Crippen LogP contribution < -0.4 is 11.5 Å². The van der Waals surface area contributed by atoms with E-state index in [1.165, 1.54) is 77.0 Å². The van der Waals surface area contributed by atoms with Crippen LogP contribution in [0.3, 0.4) is 0 Å². The maximum atomic E-state index is 11.5. The lowest BCUT2D eigenvalue weighted by Crippen LogP contribution is -2.59. The number of nitrogens with zero attached hydrogens (tertiary/aromatic N) is 2. The quantitative estimate of drug-likeness (QED) is 0.0284. The first-order chi connectivity index (χ1) is 28.9. The molecule has 2 fully saturated rings. The summed E-state index contributed by atoms with van der Waals surface area (Å²) in [7, 11) is 13.0. The number of aliphatic hydroxyl groups is 7. The highest BCUT2D eigenvalue weighted by Crippen LogP contribution is 2.31. The van der Waals surface area contributed by atoms with Gasteiger partial charge in [0.05, 0.1) is 42.1 Å². The van der Waals surface area contributed by atoms with Crippen molar-refractivity contribution in [2.24, 2.45) is 17.4 Å². The molecule has 2 aliphatic rings. The Morgan fingerprint density at radius 1 is 0.651 bits per heavy atom. The first-order valence-electron chi connectivity index (χ1n) is 17.9. The Balaban J connectivity index is -0.000000435. The van der Waals surface area contributed by atoms with E-state index < -0.39 is 118 Å². The number of carbonyl (C=O) groups is 1. The summed E-state index contributed by atoms with van der Waals surface area (Å²) in [6, 6.07) is 0. The summed E-state index contributed by atoms with van der Waals surface area (Å²) in [6.07, 6.45) is -13.6. The number of primary amides is 1. The Labute approximate surface area is 407 Å². The Hall–Kier alpha value is -0.360. The minimum absolute atomic E-state index is 0. The Kier molecular flexibility index (Phi) is 42.4. The topological polar surface area (TPSA) is 362 Å². The number of hydrogen-bond acceptors (Lipinski definition) is 23. The van der Waals surface area contributed by atoms with E-state index in [0.29, 0.717) is 9.52 Å². The molecule has 26 nitrogen and oxygen atoms in total. The molecular weight excluding hydrogens is 1200 g/mol. The minimum atomic E-state index is -1.28. The molecule has 0 aromatic heterocycles. The van der Waals surface area contributed by atoms with Gasteiger partial charge in [-0.25, -0.2) is 0 Å². The van der Waals surface area contributed by atoms with Crippen molar-refractivity contribution in [2.45, 2.75) is 100.0 Å². The third-order valence-electron chi connectivity index (χ3n) is 8.85. The zero-order valence-corrected chi connectivity index (χ0v) is 42.8. The number of aliphatic hydroxyl groups excluding tert-OH is 7. The zero-order chi connectivity index (χ0) is 47.6. The van der Waals surface area contributed by atoms with Crippen LogP contribution in [0.15, 0.2) is 11.8 Å². The van der Waals surface area contributed by atoms with Crippen LogP contribution in [0.25, 0.3) is 0 Å². The number of hydrogen-bond donors (Lipinski definition) is 9. The molecule has 16 unspecified atom stereocenters. The average molecular weight is 1270 g/mol. The number of amides is 1. The molecule has 29 heteroatoms. The molecule has 63 heavy (non-hydrogen) atoms. The molecule has 0 radical (unpaired) electrons. The number of methoxy groups -OCH3 is 8. The van der Waals surface area contributed by atoms with E-state index in [9.17, 15) is 40.1 Å². The van der Waals surface area contributed by atoms with Gasteiger partial charge in [-0.05, 0) is 0 Å². The summed E-state index contributed by atoms with van der Waals surface area (Å²) in [5.74, 6) is -1.53. The number of ether oxygens (including phenoxy) is 12. The maximum absolute atomic E-state index is 11.5. The standard InChI is InChI=1S/C17H33N2O10.C8H16N2O6.C8H16O6.CH4.I2.HI/c1-19(23)17(27-5)29-12(8-21)15(25-3)10(18)6-9-13(22)16(26-4)28-11(7-20)14(9)24-2;1-10(13)8(15-3)16-5(4-11)6(14-2)7(9)12;1-12-7-4(3-9)14-8(13-2)6(11)5(7)10;;1-2;/h6,9,11-17,20-22H,7-8,18H2,1-5H3;5-6,8,11H,4H2,1-3H3,(H-,9,12);4-11H,3H2,1-2H3;1H4;;1H/q+1;;;;;/p+1/b10-6+;;;;;. The lowest BCUT2D eigenvalue weighted by atomic mass is 9.87. The molecule has 2 rings (SSSR count). The van der Waals surface area contributed by atoms with Crippen LogP contribution in [0, 0.1) is 15.7 Å². The molecule has 2 saturated heterocycles. The fraction of sp³-hybridized carbons (Fsp3) is 0.912. The molecule has 0 aromatic carbocycles. The van der Waals surface area contributed by atoms with E-state index in [4.69, 9.17) is 78.5 Å². The van der Waals surface area contributed by atoms with E-state index in [-0.39, 0.29) is 50.3 Å². The summed E-state index contributed by atoms with van der Waals surface area (Å²) >= 11 is 4.24. The van der Waals surface area contributed by atoms with Crippen molar-refractivity contribution in [3.05, 3.63) is 21.6 Å². The van der Waals surface area contributed by atoms with Gasteiger partial charge in [0.25, 0.3) is 0 Å². The first kappa shape index (κ1) is 69.2. The van der Waals surface area contributed by atoms with Gasteiger partial charge in [-0.2, -0.15) is 0 Å². The Bertz CT molecular complexity index is 1240. The molecule has 378 valence electrons. The monoisotopic (exact) mass is 1270 g/mol. The van der Waals surface area contributed by atoms with E-state index >= 15 is 0 Å². The van der Waals surface area contributed by atoms with Crippen LogP contribution in [0.1, 0.15) is 7.43 Å². The average Bonchev–Trinajstić information content (AvgIpc) is 3.25. The van der Waals surface area contributed by atoms with Crippen molar-refractivity contribution in [1.29, 1.82) is 0 Å². The third-order valence-corrected chi connectivity index (χ3v) is 8.85. The van der Waals surface area contributed by atoms with Crippen LogP contribution in [0.5, 0.6) is 0 Å². The fourth-order valence-electron chi connectivity index (χ4n) is 5.91. The molecule has 2 heterocycles. The van der Waals surface area contributed by atoms with Gasteiger partial charge in [0, 0.05) is 116 Å². The number of halogens is 3. The summed E-state index contributed by atoms with van der Waals surface area (Å²) < 4.78 is 61.9. The van der Waals surface area contributed by atoms with E-state index in [2.05, 4.69) is 37.2 Å². The Morgan fingerprint density at radius 2 is 1.03 bits per heavy atom. The van der Waals surface area contributed by atoms with Crippen molar-refractivity contribution in [3.63, 3.8) is 0 Å². The number of nitroso groups, excluding NO2 is 2. The number of nitrogens with two attached hydrogens (primary N) is 2. The lowest BCUT2D eigenvalue weighted by Gasteiger charge is -2.42. The second kappa shape index (κ2) is 38.6. The molecule has 2 aliphatic heterocycles. The van der Waals surface area contributed by atoms with Gasteiger partial charge in [-0.1, -0.05) is 13.5 Å². The van der Waals surface area contributed by atoms with Crippen LogP contribution in [0.4, 0.5) is 0 Å². The molecule has 1 amide bonds. The third kappa shape index (κ3) is 22.1. The van der Waals surface area contributed by atoms with Crippen molar-refractivity contribution < 1.29 is 107 Å². The molecule has 0 aliphatic carbocycles. The van der Waals surface area contributed by atoms with E-state index in [1.807, 2.05) is 0 Å². The summed E-state index contributed by atoms with van der Waals surface area (Å²) in [4.78, 5) is 33.4. The molecule has 0 spiro atoms. The van der Waals surface area contributed by atoms with Crippen molar-refractivity contribution in [3.8, 4) is 0 Å². The van der Waals surface area contributed by atoms with Gasteiger partial charge in [0.2, 0.25) is 5.91 Å². The SMILES string of the molecule is C.COC(C(N)=O)C(CO)OC(OC)[N+](C)=O.COC1OC(CO)C(OC)C(/C=C(/N)C(OC)C(CO)OC(OC)[N+](C)=O)C1O.COC1OC(CO)C(OC)C(O)C1O.I.II. The molecule has 11 N–H and O–H groups in total. The minimum Gasteiger partial charge on any atom is -0.400 e. The summed E-state index contributed by atoms with van der Waals surface area (Å²) in [5.41, 5.74) is 11.3. The van der Waals surface area contributed by atoms with Crippen molar-refractivity contribution >= 4 is 67.1 Å². The second-order valence-corrected chi connectivity index (χ2v) is 12.6. The predicted octanol–water partition coefficient (Wildman–Crippen LogP) is -2.77. The molecule has 0 bridgehead atoms. The first-order valence-corrected chi connectivity index (χ1v) is 24.2. The Morgan fingerprint density at radius 3 is 1.33 bits per heavy atom. The van der Waals surface area contributed by atoms with Gasteiger partial charge in [-0.15, -0.1) is 24.0 Å². The lowest BCUT2D eigenvalue weighted by molar-refractivity contribution is -0.662. The van der Waals surface area contributed by atoms with Crippen LogP contribution in [-0.4, -0.2) is 241 Å². The fourth-order valence-corrected chi connectivity index (χ4v) is 5.91. The smallest absolute Gasteiger partial charge is 0.400 e. The van der Waals surface area contributed by atoms with Crippen LogP contribution in [-0.2, 0) is 61.6 Å². The molecule has 0 saturated carbocycles. The van der Waals surface area contributed by atoms with Crippen LogP contribution in [0.2, 0.25) is 0 Å². The molecule has 0 aromatic rings. The highest BCUT2D eigenvalue weighted by atomic mass is 128. The summed E-state index contributed by atoms with van der Waals surface area (Å²) in [6.45, 7) is -1.72. The largest absolute Gasteiger partial charge is 0.421 e. The number of carbonyl (C=O) groups excluding carboxylic acids is 1. The predicted molar refractivity (Wildman–Crippen MR) is 246 cm³/mol. The zero-order valence-electron chi connectivity index (χ0n) is 36.1. The van der Waals surface area contributed by atoms with E-state index in [1.54, 1.807) is 0 Å². The normalized spacial score (nSPS) is 28.5.